The Morgan fingerprint density at radius 2 is 1.94 bits per heavy atom. The molecule has 7 nitrogen and oxygen atoms in total. The number of aromatic nitrogens is 4. The smallest absolute Gasteiger partial charge is 0.256 e. The molecular weight excluding hydrogens is 412 g/mol. The number of nitrogens with zero attached hydrogens (tertiary/aromatic N) is 6. The Hall–Kier alpha value is -3.53. The van der Waals surface area contributed by atoms with Gasteiger partial charge < -0.3 is 4.90 Å². The van der Waals surface area contributed by atoms with Crippen molar-refractivity contribution in [3.8, 4) is 28.5 Å². The predicted octanol–water partition coefficient (Wildman–Crippen LogP) is 4.82. The van der Waals surface area contributed by atoms with Crippen molar-refractivity contribution < 1.29 is 4.79 Å². The maximum atomic E-state index is 12.9. The molecule has 5 rings (SSSR count). The van der Waals surface area contributed by atoms with Crippen LogP contribution in [0.2, 0.25) is 0 Å². The van der Waals surface area contributed by atoms with E-state index in [9.17, 15) is 10.1 Å². The summed E-state index contributed by atoms with van der Waals surface area (Å²) in [6, 6.07) is 7.74. The normalized spacial score (nSPS) is 16.9. The van der Waals surface area contributed by atoms with Crippen LogP contribution in [-0.4, -0.2) is 36.6 Å². The van der Waals surface area contributed by atoms with Gasteiger partial charge in [-0.3, -0.25) is 14.5 Å². The first kappa shape index (κ1) is 21.3. The second kappa shape index (κ2) is 8.11. The van der Waals surface area contributed by atoms with Crippen molar-refractivity contribution in [3.05, 3.63) is 53.7 Å². The van der Waals surface area contributed by atoms with Gasteiger partial charge in [0.1, 0.15) is 11.8 Å². The van der Waals surface area contributed by atoms with Gasteiger partial charge in [-0.2, -0.15) is 10.4 Å². The highest BCUT2D eigenvalue weighted by Crippen LogP contribution is 2.39. The summed E-state index contributed by atoms with van der Waals surface area (Å²) in [5.74, 6) is -0.00929. The van der Waals surface area contributed by atoms with E-state index in [1.54, 1.807) is 12.3 Å². The summed E-state index contributed by atoms with van der Waals surface area (Å²) in [7, 11) is 0. The van der Waals surface area contributed by atoms with Crippen LogP contribution in [0.1, 0.15) is 68.2 Å². The highest BCUT2D eigenvalue weighted by molar-refractivity contribution is 5.99. The fourth-order valence-electron chi connectivity index (χ4n) is 5.08. The quantitative estimate of drug-likeness (QED) is 0.567. The highest BCUT2D eigenvalue weighted by Gasteiger charge is 2.31. The lowest BCUT2D eigenvalue weighted by Crippen LogP contribution is -2.30. The fraction of sp³-hybridized carbons (Fsp3) is 0.423. The van der Waals surface area contributed by atoms with Crippen LogP contribution in [0.15, 0.2) is 36.8 Å². The first-order valence-electron chi connectivity index (χ1n) is 11.6. The molecule has 0 radical (unpaired) electrons. The van der Waals surface area contributed by atoms with E-state index in [1.165, 1.54) is 25.7 Å². The van der Waals surface area contributed by atoms with Crippen LogP contribution in [0.25, 0.3) is 22.4 Å². The molecule has 3 aromatic heterocycles. The highest BCUT2D eigenvalue weighted by atomic mass is 16.2. The van der Waals surface area contributed by atoms with Crippen LogP contribution >= 0.6 is 0 Å². The molecule has 33 heavy (non-hydrogen) atoms. The van der Waals surface area contributed by atoms with E-state index in [0.717, 1.165) is 28.9 Å². The van der Waals surface area contributed by atoms with Gasteiger partial charge in [0.2, 0.25) is 0 Å². The Labute approximate surface area is 194 Å². The van der Waals surface area contributed by atoms with Crippen LogP contribution in [0.5, 0.6) is 0 Å². The summed E-state index contributed by atoms with van der Waals surface area (Å²) >= 11 is 0. The number of pyridine rings is 2. The molecule has 1 fully saturated rings. The van der Waals surface area contributed by atoms with Crippen LogP contribution < -0.4 is 0 Å². The number of carbonyl (C=O) groups excluding carboxylic acids is 1. The van der Waals surface area contributed by atoms with E-state index in [0.29, 0.717) is 28.9 Å². The van der Waals surface area contributed by atoms with Crippen molar-refractivity contribution in [1.82, 2.24) is 24.6 Å². The Balaban J connectivity index is 1.53. The van der Waals surface area contributed by atoms with Crippen molar-refractivity contribution in [1.29, 1.82) is 5.26 Å². The lowest BCUT2D eigenvalue weighted by molar-refractivity contribution is 0.0730. The summed E-state index contributed by atoms with van der Waals surface area (Å²) < 4.78 is 2.02. The van der Waals surface area contributed by atoms with Crippen LogP contribution in [0.3, 0.4) is 0 Å². The number of carbonyl (C=O) groups is 1. The standard InChI is InChI=1S/C26H28N6O/c1-17(2)32-15-23-22(25(32)33)10-18(12-28-23)24-21(7-6-20(11-27)30-24)19-13-29-31(14-19)16-26(3)8-4-5-9-26/h6-7,10,12-14,17H,4-5,8-9,15-16H2,1-3H3. The third kappa shape index (κ3) is 3.91. The molecule has 168 valence electrons. The van der Waals surface area contributed by atoms with Gasteiger partial charge in [-0.25, -0.2) is 4.98 Å². The summed E-state index contributed by atoms with van der Waals surface area (Å²) in [6.45, 7) is 7.76. The first-order chi connectivity index (χ1) is 15.9. The maximum absolute atomic E-state index is 12.9. The Bertz CT molecular complexity index is 1260. The molecule has 0 bridgehead atoms. The summed E-state index contributed by atoms with van der Waals surface area (Å²) in [4.78, 5) is 23.9. The van der Waals surface area contributed by atoms with E-state index in [2.05, 4.69) is 34.3 Å². The number of fused-ring (bicyclic) bond motifs is 1. The van der Waals surface area contributed by atoms with E-state index in [-0.39, 0.29) is 11.9 Å². The van der Waals surface area contributed by atoms with Gasteiger partial charge in [-0.15, -0.1) is 0 Å². The third-order valence-electron chi connectivity index (χ3n) is 6.99. The molecule has 7 heteroatoms. The molecule has 0 aromatic carbocycles. The summed E-state index contributed by atoms with van der Waals surface area (Å²) in [6.07, 6.45) is 10.7. The number of hydrogen-bond donors (Lipinski definition) is 0. The Kier molecular flexibility index (Phi) is 5.24. The lowest BCUT2D eigenvalue weighted by atomic mass is 9.89. The average Bonchev–Trinajstić information content (AvgIpc) is 3.53. The monoisotopic (exact) mass is 440 g/mol. The van der Waals surface area contributed by atoms with Gasteiger partial charge in [0.05, 0.1) is 29.7 Å². The second-order valence-electron chi connectivity index (χ2n) is 9.89. The van der Waals surface area contributed by atoms with Crippen LogP contribution in [-0.2, 0) is 13.1 Å². The molecule has 0 saturated heterocycles. The molecule has 1 saturated carbocycles. The van der Waals surface area contributed by atoms with Gasteiger partial charge in [-0.05, 0) is 50.3 Å². The molecule has 0 unspecified atom stereocenters. The molecule has 4 heterocycles. The van der Waals surface area contributed by atoms with Crippen molar-refractivity contribution in [2.45, 2.75) is 65.6 Å². The van der Waals surface area contributed by atoms with E-state index >= 15 is 0 Å². The van der Waals surface area contributed by atoms with E-state index in [1.807, 2.05) is 41.8 Å². The predicted molar refractivity (Wildman–Crippen MR) is 125 cm³/mol. The van der Waals surface area contributed by atoms with Crippen LogP contribution in [0, 0.1) is 16.7 Å². The van der Waals surface area contributed by atoms with Crippen molar-refractivity contribution in [2.75, 3.05) is 0 Å². The number of amides is 1. The Morgan fingerprint density at radius 3 is 2.67 bits per heavy atom. The van der Waals surface area contributed by atoms with Gasteiger partial charge in [0, 0.05) is 41.7 Å². The number of nitriles is 1. The molecule has 3 aromatic rings. The van der Waals surface area contributed by atoms with Crippen molar-refractivity contribution in [3.63, 3.8) is 0 Å². The largest absolute Gasteiger partial charge is 0.330 e. The summed E-state index contributed by atoms with van der Waals surface area (Å²) in [5.41, 5.74) is 5.22. The minimum absolute atomic E-state index is 0.00929. The minimum atomic E-state index is -0.00929. The zero-order chi connectivity index (χ0) is 23.2. The molecule has 0 N–H and O–H groups in total. The lowest BCUT2D eigenvalue weighted by Gasteiger charge is -2.22. The minimum Gasteiger partial charge on any atom is -0.330 e. The van der Waals surface area contributed by atoms with Gasteiger partial charge >= 0.3 is 0 Å². The zero-order valence-corrected chi connectivity index (χ0v) is 19.4. The Morgan fingerprint density at radius 1 is 1.15 bits per heavy atom. The molecule has 0 spiro atoms. The van der Waals surface area contributed by atoms with Gasteiger partial charge in [-0.1, -0.05) is 19.8 Å². The van der Waals surface area contributed by atoms with Crippen molar-refractivity contribution in [2.24, 2.45) is 5.41 Å². The molecule has 0 atom stereocenters. The van der Waals surface area contributed by atoms with Gasteiger partial charge in [0.15, 0.2) is 0 Å². The number of rotatable bonds is 5. The number of hydrogen-bond acceptors (Lipinski definition) is 5. The average molecular weight is 441 g/mol. The third-order valence-corrected chi connectivity index (χ3v) is 6.99. The maximum Gasteiger partial charge on any atom is 0.256 e. The molecular formula is C26H28N6O. The SMILES string of the molecule is CC(C)N1Cc2ncc(-c3nc(C#N)ccc3-c3cnn(CC4(C)CCCC4)c3)cc2C1=O. The van der Waals surface area contributed by atoms with E-state index in [4.69, 9.17) is 0 Å². The molecule has 1 amide bonds. The van der Waals surface area contributed by atoms with Crippen LogP contribution in [0.4, 0.5) is 0 Å². The molecule has 1 aliphatic carbocycles. The first-order valence-corrected chi connectivity index (χ1v) is 11.6. The van der Waals surface area contributed by atoms with E-state index < -0.39 is 0 Å². The van der Waals surface area contributed by atoms with Crippen molar-refractivity contribution >= 4 is 5.91 Å². The second-order valence-corrected chi connectivity index (χ2v) is 9.89. The molecule has 2 aliphatic rings. The van der Waals surface area contributed by atoms with Gasteiger partial charge in [0.25, 0.3) is 5.91 Å². The fourth-order valence-corrected chi connectivity index (χ4v) is 5.08. The topological polar surface area (TPSA) is 87.7 Å². The zero-order valence-electron chi connectivity index (χ0n) is 19.4. The molecule has 1 aliphatic heterocycles. The summed E-state index contributed by atoms with van der Waals surface area (Å²) in [5, 5.41) is 14.1.